The normalized spacial score (nSPS) is 11.3. The molecule has 0 aliphatic heterocycles. The maximum Gasteiger partial charge on any atom is 0.0270 e. The minimum absolute atomic E-state index is 1.28. The van der Waals surface area contributed by atoms with E-state index in [-0.39, 0.29) is 0 Å². The number of hydrogen-bond donors (Lipinski definition) is 0. The highest BCUT2D eigenvalue weighted by molar-refractivity contribution is 7.10. The highest BCUT2D eigenvalue weighted by Gasteiger charge is 2.04. The summed E-state index contributed by atoms with van der Waals surface area (Å²) in [6, 6.07) is 19.1. The van der Waals surface area contributed by atoms with Crippen molar-refractivity contribution in [1.29, 1.82) is 0 Å². The van der Waals surface area contributed by atoms with Gasteiger partial charge in [0.25, 0.3) is 0 Å². The fourth-order valence-corrected chi connectivity index (χ4v) is 2.56. The second kappa shape index (κ2) is 4.56. The van der Waals surface area contributed by atoms with Crippen molar-refractivity contribution in [2.75, 3.05) is 0 Å². The zero-order valence-corrected chi connectivity index (χ0v) is 10.2. The van der Waals surface area contributed by atoms with E-state index in [1.807, 2.05) is 0 Å². The van der Waals surface area contributed by atoms with E-state index in [0.29, 0.717) is 0 Å². The van der Waals surface area contributed by atoms with E-state index in [4.69, 9.17) is 0 Å². The lowest BCUT2D eigenvalue weighted by Crippen LogP contribution is -1.70. The molecule has 0 fully saturated rings. The van der Waals surface area contributed by atoms with E-state index >= 15 is 0 Å². The van der Waals surface area contributed by atoms with E-state index in [9.17, 15) is 0 Å². The highest BCUT2D eigenvalue weighted by atomic mass is 32.1. The minimum atomic E-state index is 1.28. The van der Waals surface area contributed by atoms with Gasteiger partial charge in [0, 0.05) is 4.88 Å². The van der Waals surface area contributed by atoms with Gasteiger partial charge >= 0.3 is 0 Å². The lowest BCUT2D eigenvalue weighted by atomic mass is 10.1. The van der Waals surface area contributed by atoms with Crippen molar-refractivity contribution in [3.63, 3.8) is 0 Å². The molecule has 0 radical (unpaired) electrons. The molecule has 0 saturated carbocycles. The van der Waals surface area contributed by atoms with Gasteiger partial charge in [-0.25, -0.2) is 0 Å². The Bertz CT molecular complexity index is 605. The van der Waals surface area contributed by atoms with Crippen LogP contribution in [0, 0.1) is 0 Å². The van der Waals surface area contributed by atoms with Gasteiger partial charge in [0.15, 0.2) is 0 Å². The summed E-state index contributed by atoms with van der Waals surface area (Å²) in [7, 11) is 0. The second-order valence-electron chi connectivity index (χ2n) is 3.92. The van der Waals surface area contributed by atoms with Crippen molar-refractivity contribution in [2.24, 2.45) is 0 Å². The van der Waals surface area contributed by atoms with E-state index in [1.165, 1.54) is 21.6 Å². The van der Waals surface area contributed by atoms with Crippen LogP contribution in [0.5, 0.6) is 0 Å². The summed E-state index contributed by atoms with van der Waals surface area (Å²) < 4.78 is 0. The number of fused-ring (bicyclic) bond motifs is 1. The summed E-state index contributed by atoms with van der Waals surface area (Å²) >= 11 is 1.76. The Labute approximate surface area is 105 Å². The Morgan fingerprint density at radius 3 is 2.59 bits per heavy atom. The summed E-state index contributed by atoms with van der Waals surface area (Å²) in [4.78, 5) is 1.29. The van der Waals surface area contributed by atoms with E-state index in [2.05, 4.69) is 72.1 Å². The van der Waals surface area contributed by atoms with Crippen LogP contribution in [-0.4, -0.2) is 0 Å². The summed E-state index contributed by atoms with van der Waals surface area (Å²) in [6.07, 6.45) is 4.36. The van der Waals surface area contributed by atoms with Gasteiger partial charge in [-0.1, -0.05) is 54.6 Å². The molecule has 0 unspecified atom stereocenters. The van der Waals surface area contributed by atoms with Crippen LogP contribution in [0.15, 0.2) is 60.0 Å². The monoisotopic (exact) mass is 236 g/mol. The minimum Gasteiger partial charge on any atom is -0.144 e. The summed E-state index contributed by atoms with van der Waals surface area (Å²) in [6.45, 7) is 0. The quantitative estimate of drug-likeness (QED) is 0.586. The number of thiophene rings is 1. The molecule has 0 saturated heterocycles. The molecule has 0 bridgehead atoms. The molecule has 3 rings (SSSR count). The average molecular weight is 236 g/mol. The highest BCUT2D eigenvalue weighted by Crippen LogP contribution is 2.28. The third-order valence-electron chi connectivity index (χ3n) is 2.80. The van der Waals surface area contributed by atoms with Crippen LogP contribution in [0.4, 0.5) is 0 Å². The van der Waals surface area contributed by atoms with Crippen molar-refractivity contribution >= 4 is 23.5 Å². The van der Waals surface area contributed by atoms with Crippen molar-refractivity contribution in [2.45, 2.75) is 0 Å². The molecular formula is C16H12S. The molecule has 0 aromatic carbocycles. The second-order valence-corrected chi connectivity index (χ2v) is 4.90. The van der Waals surface area contributed by atoms with E-state index < -0.39 is 0 Å². The Morgan fingerprint density at radius 1 is 0.765 bits per heavy atom. The number of hydrogen-bond acceptors (Lipinski definition) is 1. The van der Waals surface area contributed by atoms with Crippen LogP contribution in [-0.2, 0) is 0 Å². The molecule has 1 aromatic heterocycles. The maximum atomic E-state index is 2.19. The lowest BCUT2D eigenvalue weighted by Gasteiger charge is -1.94. The van der Waals surface area contributed by atoms with E-state index in [1.54, 1.807) is 11.3 Å². The average Bonchev–Trinajstić information content (AvgIpc) is 2.92. The van der Waals surface area contributed by atoms with Gasteiger partial charge in [-0.15, -0.1) is 11.3 Å². The van der Waals surface area contributed by atoms with Gasteiger partial charge in [0.1, 0.15) is 0 Å². The zero-order valence-electron chi connectivity index (χ0n) is 9.34. The van der Waals surface area contributed by atoms with Crippen LogP contribution >= 0.6 is 11.3 Å². The molecule has 0 atom stereocenters. The molecule has 82 valence electrons. The molecule has 2 aliphatic rings. The zero-order chi connectivity index (χ0) is 11.5. The number of rotatable bonds is 2. The molecule has 0 spiro atoms. The first-order valence-corrected chi connectivity index (χ1v) is 6.51. The van der Waals surface area contributed by atoms with Gasteiger partial charge < -0.3 is 0 Å². The van der Waals surface area contributed by atoms with Gasteiger partial charge in [-0.05, 0) is 34.2 Å². The van der Waals surface area contributed by atoms with Crippen LogP contribution in [0.1, 0.15) is 10.4 Å². The Kier molecular flexibility index (Phi) is 2.76. The van der Waals surface area contributed by atoms with Crippen LogP contribution in [0.3, 0.4) is 0 Å². The SMILES string of the molecule is C(=C\c1ccc2cccccc1-2)/c1cccs1. The van der Waals surface area contributed by atoms with Crippen LogP contribution in [0.2, 0.25) is 0 Å². The molecule has 0 amide bonds. The van der Waals surface area contributed by atoms with Gasteiger partial charge in [0.2, 0.25) is 0 Å². The van der Waals surface area contributed by atoms with Crippen molar-refractivity contribution in [3.05, 3.63) is 70.4 Å². The first-order chi connectivity index (χ1) is 8.43. The molecular weight excluding hydrogens is 224 g/mol. The fraction of sp³-hybridized carbons (Fsp3) is 0. The molecule has 17 heavy (non-hydrogen) atoms. The molecule has 1 heterocycles. The predicted molar refractivity (Wildman–Crippen MR) is 76.3 cm³/mol. The van der Waals surface area contributed by atoms with Crippen LogP contribution in [0.25, 0.3) is 23.3 Å². The van der Waals surface area contributed by atoms with Crippen LogP contribution < -0.4 is 0 Å². The largest absolute Gasteiger partial charge is 0.144 e. The van der Waals surface area contributed by atoms with Crippen molar-refractivity contribution < 1.29 is 0 Å². The van der Waals surface area contributed by atoms with Crippen molar-refractivity contribution in [1.82, 2.24) is 0 Å². The van der Waals surface area contributed by atoms with Gasteiger partial charge in [-0.2, -0.15) is 0 Å². The lowest BCUT2D eigenvalue weighted by molar-refractivity contribution is 1.80. The summed E-state index contributed by atoms with van der Waals surface area (Å²) in [5, 5.41) is 2.10. The smallest absolute Gasteiger partial charge is 0.0270 e. The first-order valence-electron chi connectivity index (χ1n) is 5.63. The standard InChI is InChI=1S/C16H12S/c1-2-5-13-8-9-14(16(13)7-3-1)10-11-15-6-4-12-17-15/h1-12H/b11-10+. The van der Waals surface area contributed by atoms with E-state index in [0.717, 1.165) is 0 Å². The Morgan fingerprint density at radius 2 is 1.71 bits per heavy atom. The van der Waals surface area contributed by atoms with Gasteiger partial charge in [0.05, 0.1) is 0 Å². The summed E-state index contributed by atoms with van der Waals surface area (Å²) in [5.74, 6) is 0. The van der Waals surface area contributed by atoms with Gasteiger partial charge in [-0.3, -0.25) is 0 Å². The topological polar surface area (TPSA) is 0 Å². The van der Waals surface area contributed by atoms with Crippen molar-refractivity contribution in [3.8, 4) is 11.1 Å². The molecule has 0 nitrogen and oxygen atoms in total. The molecule has 0 N–H and O–H groups in total. The molecule has 1 aromatic rings. The predicted octanol–water partition coefficient (Wildman–Crippen LogP) is 5.02. The third-order valence-corrected chi connectivity index (χ3v) is 3.63. The summed E-state index contributed by atoms with van der Waals surface area (Å²) in [5.41, 5.74) is 3.88. The Hall–Kier alpha value is -1.86. The Balaban J connectivity index is 1.98. The first kappa shape index (κ1) is 10.3. The fourth-order valence-electron chi connectivity index (χ4n) is 1.94. The third kappa shape index (κ3) is 2.15. The molecule has 1 heteroatoms. The molecule has 2 aliphatic carbocycles. The maximum absolute atomic E-state index is 2.19.